The monoisotopic (exact) mass is 600 g/mol. The average Bonchev–Trinajstić information content (AvgIpc) is 3.03. The number of ether oxygens (including phenoxy) is 2. The lowest BCUT2D eigenvalue weighted by molar-refractivity contribution is -0.118. The lowest BCUT2D eigenvalue weighted by atomic mass is 9.78. The van der Waals surface area contributed by atoms with Crippen molar-refractivity contribution < 1.29 is 27.8 Å². The number of ketones is 2. The molecule has 228 valence electrons. The van der Waals surface area contributed by atoms with Gasteiger partial charge in [0.1, 0.15) is 11.6 Å². The summed E-state index contributed by atoms with van der Waals surface area (Å²) in [5.74, 6) is -0.359. The predicted octanol–water partition coefficient (Wildman–Crippen LogP) is 5.71. The number of hydrogen-bond donors (Lipinski definition) is 0. The molecule has 44 heavy (non-hydrogen) atoms. The number of carbonyl (C=O) groups excluding carboxylic acids is 2. The molecule has 1 aliphatic carbocycles. The Kier molecular flexibility index (Phi) is 9.99. The fourth-order valence-electron chi connectivity index (χ4n) is 5.70. The molecule has 0 saturated heterocycles. The molecule has 8 nitrogen and oxygen atoms in total. The van der Waals surface area contributed by atoms with Crippen molar-refractivity contribution in [3.8, 4) is 11.5 Å². The van der Waals surface area contributed by atoms with Gasteiger partial charge in [0.2, 0.25) is 0 Å². The second-order valence-corrected chi connectivity index (χ2v) is 11.2. The lowest BCUT2D eigenvalue weighted by Gasteiger charge is -2.28. The normalized spacial score (nSPS) is 16.4. The highest BCUT2D eigenvalue weighted by Crippen LogP contribution is 2.39. The molecule has 1 fully saturated rings. The van der Waals surface area contributed by atoms with Crippen molar-refractivity contribution in [3.05, 3.63) is 106 Å². The van der Waals surface area contributed by atoms with Crippen molar-refractivity contribution in [2.45, 2.75) is 63.2 Å². The standard InChI is InChI=1S/C34H34F2N4O4/c1-43-33-16-21(6-10-29(33)35)14-27(41)19-25-8-12-31(39-37-25)23-4-3-5-24(18-23)32-13-9-26(38-40-32)20-28(42)15-22-7-11-30(36)34(17-22)44-2/h6-13,16-17,23-24H,3-5,14-15,18-20H2,1-2H3/t23-,24-/m0/s1. The molecule has 0 spiro atoms. The van der Waals surface area contributed by atoms with Gasteiger partial charge in [0.15, 0.2) is 23.1 Å². The largest absolute Gasteiger partial charge is 0.494 e. The van der Waals surface area contributed by atoms with Gasteiger partial charge in [-0.05, 0) is 78.9 Å². The lowest BCUT2D eigenvalue weighted by Crippen LogP contribution is -2.17. The van der Waals surface area contributed by atoms with E-state index in [1.54, 1.807) is 12.1 Å². The summed E-state index contributed by atoms with van der Waals surface area (Å²) in [7, 11) is 2.78. The number of nitrogens with zero attached hydrogens (tertiary/aromatic N) is 4. The highest BCUT2D eigenvalue weighted by molar-refractivity contribution is 5.83. The van der Waals surface area contributed by atoms with Crippen LogP contribution in [0, 0.1) is 11.6 Å². The van der Waals surface area contributed by atoms with E-state index in [4.69, 9.17) is 9.47 Å². The Balaban J connectivity index is 1.13. The van der Waals surface area contributed by atoms with Crippen LogP contribution in [-0.4, -0.2) is 46.2 Å². The summed E-state index contributed by atoms with van der Waals surface area (Å²) in [6.45, 7) is 0. The molecule has 0 N–H and O–H groups in total. The molecule has 5 rings (SSSR count). The van der Waals surface area contributed by atoms with Crippen LogP contribution in [-0.2, 0) is 35.3 Å². The van der Waals surface area contributed by atoms with E-state index in [-0.39, 0.29) is 60.6 Å². The van der Waals surface area contributed by atoms with Crippen LogP contribution in [0.15, 0.2) is 60.7 Å². The molecule has 2 aromatic carbocycles. The molecule has 2 heterocycles. The van der Waals surface area contributed by atoms with Crippen molar-refractivity contribution >= 4 is 11.6 Å². The van der Waals surface area contributed by atoms with Gasteiger partial charge in [-0.2, -0.15) is 20.4 Å². The number of rotatable bonds is 12. The highest BCUT2D eigenvalue weighted by atomic mass is 19.1. The Labute approximate surface area is 254 Å². The molecule has 1 aliphatic rings. The van der Waals surface area contributed by atoms with Crippen LogP contribution in [0.4, 0.5) is 8.78 Å². The summed E-state index contributed by atoms with van der Waals surface area (Å²) in [4.78, 5) is 25.2. The van der Waals surface area contributed by atoms with Gasteiger partial charge in [0.25, 0.3) is 0 Å². The van der Waals surface area contributed by atoms with Gasteiger partial charge < -0.3 is 9.47 Å². The Morgan fingerprint density at radius 3 is 1.50 bits per heavy atom. The molecule has 0 aliphatic heterocycles. The molecule has 2 atom stereocenters. The van der Waals surface area contributed by atoms with Crippen LogP contribution in [0.25, 0.3) is 0 Å². The maximum Gasteiger partial charge on any atom is 0.165 e. The summed E-state index contributed by atoms with van der Waals surface area (Å²) in [6.07, 6.45) is 4.45. The Morgan fingerprint density at radius 1 is 0.659 bits per heavy atom. The van der Waals surface area contributed by atoms with Crippen LogP contribution in [0.5, 0.6) is 11.5 Å². The third-order valence-electron chi connectivity index (χ3n) is 7.98. The molecule has 4 aromatic rings. The van der Waals surface area contributed by atoms with E-state index in [0.717, 1.165) is 37.1 Å². The van der Waals surface area contributed by atoms with Gasteiger partial charge in [-0.25, -0.2) is 8.78 Å². The number of carbonyl (C=O) groups is 2. The van der Waals surface area contributed by atoms with Crippen LogP contribution in [0.2, 0.25) is 0 Å². The van der Waals surface area contributed by atoms with Gasteiger partial charge in [-0.15, -0.1) is 0 Å². The summed E-state index contributed by atoms with van der Waals surface area (Å²) in [5, 5.41) is 17.6. The number of methoxy groups -OCH3 is 2. The maximum absolute atomic E-state index is 13.7. The molecule has 0 unspecified atom stereocenters. The van der Waals surface area contributed by atoms with Crippen LogP contribution in [0.3, 0.4) is 0 Å². The number of benzene rings is 2. The van der Waals surface area contributed by atoms with E-state index < -0.39 is 11.6 Å². The van der Waals surface area contributed by atoms with Crippen LogP contribution >= 0.6 is 0 Å². The first-order valence-corrected chi connectivity index (χ1v) is 14.6. The zero-order valence-electron chi connectivity index (χ0n) is 24.8. The zero-order valence-corrected chi connectivity index (χ0v) is 24.8. The quantitative estimate of drug-likeness (QED) is 0.204. The highest BCUT2D eigenvalue weighted by Gasteiger charge is 2.27. The second-order valence-electron chi connectivity index (χ2n) is 11.2. The first-order valence-electron chi connectivity index (χ1n) is 14.6. The summed E-state index contributed by atoms with van der Waals surface area (Å²) >= 11 is 0. The van der Waals surface area contributed by atoms with E-state index in [9.17, 15) is 18.4 Å². The van der Waals surface area contributed by atoms with Crippen molar-refractivity contribution in [2.75, 3.05) is 14.2 Å². The van der Waals surface area contributed by atoms with Gasteiger partial charge in [0, 0.05) is 24.7 Å². The number of hydrogen-bond acceptors (Lipinski definition) is 8. The topological polar surface area (TPSA) is 104 Å². The molecule has 2 aromatic heterocycles. The van der Waals surface area contributed by atoms with E-state index in [1.807, 2.05) is 24.3 Å². The minimum atomic E-state index is -0.465. The first kappa shape index (κ1) is 30.8. The van der Waals surface area contributed by atoms with E-state index in [0.29, 0.717) is 22.5 Å². The summed E-state index contributed by atoms with van der Waals surface area (Å²) in [6, 6.07) is 16.4. The average molecular weight is 601 g/mol. The van der Waals surface area contributed by atoms with Gasteiger partial charge >= 0.3 is 0 Å². The third kappa shape index (κ3) is 7.86. The zero-order chi connectivity index (χ0) is 31.1. The van der Waals surface area contributed by atoms with E-state index >= 15 is 0 Å². The molecule has 0 amide bonds. The molecule has 0 bridgehead atoms. The van der Waals surface area contributed by atoms with Crippen LogP contribution in [0.1, 0.15) is 71.4 Å². The summed E-state index contributed by atoms with van der Waals surface area (Å²) in [5.41, 5.74) is 4.33. The smallest absolute Gasteiger partial charge is 0.165 e. The fourth-order valence-corrected chi connectivity index (χ4v) is 5.70. The molecular weight excluding hydrogens is 566 g/mol. The maximum atomic E-state index is 13.7. The van der Waals surface area contributed by atoms with Crippen molar-refractivity contribution in [1.82, 2.24) is 20.4 Å². The van der Waals surface area contributed by atoms with E-state index in [1.165, 1.54) is 38.5 Å². The SMILES string of the molecule is COc1cc(CC(=O)Cc2ccc([C@H]3CCC[C@H](c4ccc(CC(=O)Cc5ccc(F)c(OC)c5)nn4)C3)nn2)ccc1F. The number of halogens is 2. The van der Waals surface area contributed by atoms with E-state index in [2.05, 4.69) is 20.4 Å². The van der Waals surface area contributed by atoms with Gasteiger partial charge in [-0.3, -0.25) is 9.59 Å². The number of Topliss-reactive ketones (excluding diaryl/α,β-unsaturated/α-hetero) is 2. The number of aromatic nitrogens is 4. The molecule has 1 saturated carbocycles. The van der Waals surface area contributed by atoms with Gasteiger partial charge in [-0.1, -0.05) is 18.6 Å². The van der Waals surface area contributed by atoms with Crippen molar-refractivity contribution in [1.29, 1.82) is 0 Å². The molecule has 10 heteroatoms. The minimum Gasteiger partial charge on any atom is -0.494 e. The first-order chi connectivity index (χ1) is 21.3. The third-order valence-corrected chi connectivity index (χ3v) is 7.98. The van der Waals surface area contributed by atoms with Gasteiger partial charge in [0.05, 0.1) is 49.8 Å². The van der Waals surface area contributed by atoms with Crippen molar-refractivity contribution in [3.63, 3.8) is 0 Å². The molecular formula is C34H34F2N4O4. The fraction of sp³-hybridized carbons (Fsp3) is 0.353. The minimum absolute atomic E-state index is 0.0437. The van der Waals surface area contributed by atoms with Crippen LogP contribution < -0.4 is 9.47 Å². The summed E-state index contributed by atoms with van der Waals surface area (Å²) < 4.78 is 37.3. The predicted molar refractivity (Wildman–Crippen MR) is 159 cm³/mol. The molecule has 0 radical (unpaired) electrons. The Bertz CT molecular complexity index is 1490. The Morgan fingerprint density at radius 2 is 1.11 bits per heavy atom. The van der Waals surface area contributed by atoms with Crippen molar-refractivity contribution in [2.24, 2.45) is 0 Å². The second kappa shape index (κ2) is 14.2. The Hall–Kier alpha value is -4.60.